The molecule has 0 aliphatic carbocycles. The molecule has 4 aromatic heterocycles. The summed E-state index contributed by atoms with van der Waals surface area (Å²) < 4.78 is 7.11. The zero-order valence-corrected chi connectivity index (χ0v) is 15.2. The normalized spacial score (nSPS) is 11.0. The molecule has 0 aliphatic heterocycles. The van der Waals surface area contributed by atoms with Gasteiger partial charge in [0.15, 0.2) is 5.65 Å². The first-order chi connectivity index (χ1) is 12.2. The van der Waals surface area contributed by atoms with Gasteiger partial charge in [0.05, 0.1) is 40.4 Å². The first kappa shape index (κ1) is 15.9. The summed E-state index contributed by atoms with van der Waals surface area (Å²) in [6.45, 7) is 2.00. The molecule has 7 heteroatoms. The second-order valence-corrected chi connectivity index (χ2v) is 6.83. The number of anilines is 2. The number of halogens is 1. The maximum Gasteiger partial charge on any atom is 0.213 e. The van der Waals surface area contributed by atoms with Crippen LogP contribution < -0.4 is 10.1 Å². The zero-order valence-electron chi connectivity index (χ0n) is 13.7. The number of hydrogen-bond acceptors (Lipinski definition) is 5. The van der Waals surface area contributed by atoms with E-state index in [9.17, 15) is 0 Å². The van der Waals surface area contributed by atoms with E-state index in [-0.39, 0.29) is 0 Å². The van der Waals surface area contributed by atoms with Gasteiger partial charge in [0.25, 0.3) is 0 Å². The van der Waals surface area contributed by atoms with Gasteiger partial charge in [-0.1, -0.05) is 11.6 Å². The number of fused-ring (bicyclic) bond motifs is 1. The minimum atomic E-state index is 0.593. The molecule has 0 saturated heterocycles. The van der Waals surface area contributed by atoms with E-state index in [0.717, 1.165) is 33.3 Å². The highest BCUT2D eigenvalue weighted by molar-refractivity contribution is 7.14. The first-order valence-corrected chi connectivity index (χ1v) is 8.90. The third-order valence-electron chi connectivity index (χ3n) is 3.86. The second kappa shape index (κ2) is 6.38. The van der Waals surface area contributed by atoms with E-state index in [0.29, 0.717) is 10.9 Å². The van der Waals surface area contributed by atoms with Gasteiger partial charge < -0.3 is 10.1 Å². The molecule has 4 rings (SSSR count). The highest BCUT2D eigenvalue weighted by atomic mass is 35.5. The molecule has 25 heavy (non-hydrogen) atoms. The number of thiophene rings is 1. The summed E-state index contributed by atoms with van der Waals surface area (Å²) in [6.07, 6.45) is 3.73. The van der Waals surface area contributed by atoms with Gasteiger partial charge >= 0.3 is 0 Å². The van der Waals surface area contributed by atoms with Crippen molar-refractivity contribution in [3.8, 4) is 17.1 Å². The Labute approximate surface area is 153 Å². The fraction of sp³-hybridized carbons (Fsp3) is 0.111. The lowest BCUT2D eigenvalue weighted by Gasteiger charge is -2.04. The van der Waals surface area contributed by atoms with Crippen molar-refractivity contribution in [2.45, 2.75) is 6.92 Å². The molecule has 0 radical (unpaired) electrons. The molecule has 0 saturated carbocycles. The molecule has 4 heterocycles. The lowest BCUT2D eigenvalue weighted by Crippen LogP contribution is -1.91. The number of aromatic nitrogens is 3. The first-order valence-electron chi connectivity index (χ1n) is 7.65. The number of aryl methyl sites for hydroxylation is 1. The number of imidazole rings is 1. The average Bonchev–Trinajstić information content (AvgIpc) is 3.20. The van der Waals surface area contributed by atoms with E-state index in [1.165, 1.54) is 0 Å². The van der Waals surface area contributed by atoms with Crippen LogP contribution in [0.3, 0.4) is 0 Å². The number of nitrogens with one attached hydrogen (secondary N) is 1. The lowest BCUT2D eigenvalue weighted by molar-refractivity contribution is 0.398. The summed E-state index contributed by atoms with van der Waals surface area (Å²) in [7, 11) is 1.60. The quantitative estimate of drug-likeness (QED) is 0.538. The van der Waals surface area contributed by atoms with Crippen molar-refractivity contribution in [2.24, 2.45) is 0 Å². The Morgan fingerprint density at radius 2 is 2.16 bits per heavy atom. The average molecular weight is 371 g/mol. The summed E-state index contributed by atoms with van der Waals surface area (Å²) in [5, 5.41) is 7.14. The minimum Gasteiger partial charge on any atom is -0.481 e. The van der Waals surface area contributed by atoms with Crippen LogP contribution in [-0.2, 0) is 0 Å². The minimum absolute atomic E-state index is 0.593. The van der Waals surface area contributed by atoms with Crippen LogP contribution in [-0.4, -0.2) is 21.5 Å². The van der Waals surface area contributed by atoms with Gasteiger partial charge in [-0.05, 0) is 31.2 Å². The fourth-order valence-corrected chi connectivity index (χ4v) is 3.75. The summed E-state index contributed by atoms with van der Waals surface area (Å²) in [5.74, 6) is 0.593. The van der Waals surface area contributed by atoms with Crippen molar-refractivity contribution in [1.29, 1.82) is 0 Å². The molecule has 0 fully saturated rings. The Hall–Kier alpha value is -2.57. The molecule has 0 aromatic carbocycles. The van der Waals surface area contributed by atoms with Crippen LogP contribution in [0.2, 0.25) is 5.02 Å². The van der Waals surface area contributed by atoms with Crippen molar-refractivity contribution >= 4 is 39.3 Å². The summed E-state index contributed by atoms with van der Waals surface area (Å²) in [6, 6.07) is 9.64. The Balaban J connectivity index is 1.67. The highest BCUT2D eigenvalue weighted by Gasteiger charge is 2.14. The van der Waals surface area contributed by atoms with Crippen LogP contribution in [0.5, 0.6) is 5.88 Å². The van der Waals surface area contributed by atoms with Crippen molar-refractivity contribution in [2.75, 3.05) is 12.4 Å². The van der Waals surface area contributed by atoms with Gasteiger partial charge in [-0.15, -0.1) is 11.3 Å². The lowest BCUT2D eigenvalue weighted by atomic mass is 10.2. The molecule has 0 amide bonds. The Morgan fingerprint density at radius 3 is 2.92 bits per heavy atom. The van der Waals surface area contributed by atoms with Crippen LogP contribution in [0.15, 0.2) is 48.1 Å². The van der Waals surface area contributed by atoms with Gasteiger partial charge in [0.2, 0.25) is 5.88 Å². The predicted molar refractivity (Wildman–Crippen MR) is 102 cm³/mol. The molecule has 0 bridgehead atoms. The number of hydrogen-bond donors (Lipinski definition) is 1. The van der Waals surface area contributed by atoms with E-state index in [4.69, 9.17) is 16.3 Å². The van der Waals surface area contributed by atoms with Gasteiger partial charge in [-0.25, -0.2) is 9.97 Å². The monoisotopic (exact) mass is 370 g/mol. The Kier molecular flexibility index (Phi) is 4.07. The molecule has 126 valence electrons. The number of nitrogens with zero attached hydrogens (tertiary/aromatic N) is 3. The van der Waals surface area contributed by atoms with E-state index < -0.39 is 0 Å². The van der Waals surface area contributed by atoms with Crippen LogP contribution in [0.25, 0.3) is 16.9 Å². The SMILES string of the molecule is COc1ccc(Nc2cc(-c3c(C)nc4c(Cl)cccn34)cs2)cn1. The van der Waals surface area contributed by atoms with E-state index in [1.807, 2.05) is 41.8 Å². The standard InChI is InChI=1S/C18H15ClN4OS/c1-11-17(23-7-3-4-14(19)18(23)21-11)12-8-16(25-10-12)22-13-5-6-15(24-2)20-9-13/h3-10,22H,1-2H3. The van der Waals surface area contributed by atoms with Crippen LogP contribution >= 0.6 is 22.9 Å². The molecule has 5 nitrogen and oxygen atoms in total. The number of methoxy groups -OCH3 is 1. The topological polar surface area (TPSA) is 51.5 Å². The molecule has 0 atom stereocenters. The Morgan fingerprint density at radius 1 is 1.28 bits per heavy atom. The summed E-state index contributed by atoms with van der Waals surface area (Å²) in [5.41, 5.74) is 4.78. The molecule has 4 aromatic rings. The summed E-state index contributed by atoms with van der Waals surface area (Å²) >= 11 is 7.89. The van der Waals surface area contributed by atoms with Crippen LogP contribution in [0.4, 0.5) is 10.7 Å². The fourth-order valence-electron chi connectivity index (χ4n) is 2.74. The van der Waals surface area contributed by atoms with E-state index in [1.54, 1.807) is 24.6 Å². The van der Waals surface area contributed by atoms with Crippen molar-refractivity contribution in [3.63, 3.8) is 0 Å². The summed E-state index contributed by atoms with van der Waals surface area (Å²) in [4.78, 5) is 8.80. The van der Waals surface area contributed by atoms with Gasteiger partial charge in [0.1, 0.15) is 0 Å². The van der Waals surface area contributed by atoms with Crippen LogP contribution in [0.1, 0.15) is 5.69 Å². The third kappa shape index (κ3) is 2.94. The molecular formula is C18H15ClN4OS. The van der Waals surface area contributed by atoms with Crippen molar-refractivity contribution in [1.82, 2.24) is 14.4 Å². The number of rotatable bonds is 4. The maximum absolute atomic E-state index is 6.26. The highest BCUT2D eigenvalue weighted by Crippen LogP contribution is 2.34. The molecular weight excluding hydrogens is 356 g/mol. The maximum atomic E-state index is 6.26. The molecule has 0 spiro atoms. The predicted octanol–water partition coefficient (Wildman–Crippen LogP) is 5.17. The second-order valence-electron chi connectivity index (χ2n) is 5.51. The van der Waals surface area contributed by atoms with Crippen LogP contribution in [0, 0.1) is 6.92 Å². The molecule has 0 unspecified atom stereocenters. The molecule has 0 aliphatic rings. The van der Waals surface area contributed by atoms with Crippen molar-refractivity contribution in [3.05, 3.63) is 58.8 Å². The zero-order chi connectivity index (χ0) is 17.4. The van der Waals surface area contributed by atoms with Crippen molar-refractivity contribution < 1.29 is 4.74 Å². The third-order valence-corrected chi connectivity index (χ3v) is 5.00. The van der Waals surface area contributed by atoms with Gasteiger partial charge in [0, 0.05) is 23.2 Å². The number of ether oxygens (including phenoxy) is 1. The van der Waals surface area contributed by atoms with Gasteiger partial charge in [-0.3, -0.25) is 4.40 Å². The number of pyridine rings is 2. The Bertz CT molecular complexity index is 1040. The van der Waals surface area contributed by atoms with E-state index >= 15 is 0 Å². The van der Waals surface area contributed by atoms with Gasteiger partial charge in [-0.2, -0.15) is 0 Å². The smallest absolute Gasteiger partial charge is 0.213 e. The van der Waals surface area contributed by atoms with E-state index in [2.05, 4.69) is 26.7 Å². The molecule has 1 N–H and O–H groups in total. The largest absolute Gasteiger partial charge is 0.481 e.